The molecule has 17 heteroatoms. The van der Waals surface area contributed by atoms with E-state index in [0.717, 1.165) is 22.9 Å². The van der Waals surface area contributed by atoms with Gasteiger partial charge in [0.1, 0.15) is 17.2 Å². The molecule has 250 valence electrons. The largest absolute Gasteiger partial charge is 0.507 e. The Morgan fingerprint density at radius 3 is 2.16 bits per heavy atom. The number of aromatic hydroxyl groups is 2. The molecule has 6 aromatic rings. The number of anilines is 1. The van der Waals surface area contributed by atoms with Crippen molar-refractivity contribution in [2.24, 2.45) is 10.2 Å². The Morgan fingerprint density at radius 1 is 0.720 bits per heavy atom. The second kappa shape index (κ2) is 14.8. The molecule has 0 unspecified atom stereocenters. The van der Waals surface area contributed by atoms with Crippen LogP contribution in [0.5, 0.6) is 11.5 Å². The van der Waals surface area contributed by atoms with Gasteiger partial charge in [-0.2, -0.15) is 10.2 Å². The molecule has 17 nitrogen and oxygen atoms in total. The zero-order chi connectivity index (χ0) is 35.8. The van der Waals surface area contributed by atoms with Crippen molar-refractivity contribution < 1.29 is 29.8 Å². The Morgan fingerprint density at radius 2 is 1.42 bits per heavy atom. The van der Waals surface area contributed by atoms with Crippen molar-refractivity contribution in [3.8, 4) is 11.5 Å². The maximum Gasteiger partial charge on any atom is 0.301 e. The number of hydrogen-bond acceptors (Lipinski definition) is 12. The molecular formula is C33H24N8O9. The van der Waals surface area contributed by atoms with E-state index in [2.05, 4.69) is 26.0 Å². The standard InChI is InChI=1S/C17H12N4O5.C16H12N4O4/c22-17-8-5-11-3-1-2-4-13(11)14(17)10-18-19-15-7-6-12(20(23)24)9-16(15)21(25)26;21-15-4-2-1-3-12(15)16(22)19-18-9-10-8-17-14-6-5-11(20(23)24)7-13(10)14/h1-10,19,22H;1-9,17,21H,(H,19,22)/b18-10+;18-9+. The number of aromatic amines is 1. The van der Waals surface area contributed by atoms with Crippen LogP contribution in [0.2, 0.25) is 0 Å². The minimum atomic E-state index is -0.736. The van der Waals surface area contributed by atoms with Crippen LogP contribution in [0.4, 0.5) is 22.7 Å². The highest BCUT2D eigenvalue weighted by atomic mass is 16.6. The average Bonchev–Trinajstić information content (AvgIpc) is 3.51. The van der Waals surface area contributed by atoms with Crippen LogP contribution < -0.4 is 10.9 Å². The molecule has 0 bridgehead atoms. The molecule has 0 aliphatic carbocycles. The third-order valence-corrected chi connectivity index (χ3v) is 7.14. The average molecular weight is 677 g/mol. The van der Waals surface area contributed by atoms with Gasteiger partial charge in [-0.3, -0.25) is 40.6 Å². The smallest absolute Gasteiger partial charge is 0.301 e. The summed E-state index contributed by atoms with van der Waals surface area (Å²) in [7, 11) is 0. The number of hydrogen-bond donors (Lipinski definition) is 5. The number of non-ortho nitro benzene ring substituents is 2. The molecule has 1 heterocycles. The number of amides is 1. The van der Waals surface area contributed by atoms with E-state index in [-0.39, 0.29) is 28.4 Å². The number of nitro benzene ring substituents is 3. The maximum atomic E-state index is 11.9. The van der Waals surface area contributed by atoms with E-state index >= 15 is 0 Å². The zero-order valence-corrected chi connectivity index (χ0v) is 25.5. The molecule has 5 aromatic carbocycles. The van der Waals surface area contributed by atoms with Gasteiger partial charge in [0.2, 0.25) is 0 Å². The number of carbonyl (C=O) groups is 1. The van der Waals surface area contributed by atoms with Crippen LogP contribution in [0.25, 0.3) is 21.7 Å². The first-order chi connectivity index (χ1) is 24.0. The Bertz CT molecular complexity index is 2340. The minimum absolute atomic E-state index is 0.00317. The van der Waals surface area contributed by atoms with Crippen LogP contribution in [-0.2, 0) is 0 Å². The number of phenols is 2. The highest BCUT2D eigenvalue weighted by molar-refractivity contribution is 6.03. The summed E-state index contributed by atoms with van der Waals surface area (Å²) in [5, 5.41) is 62.4. The van der Waals surface area contributed by atoms with E-state index in [0.29, 0.717) is 22.0 Å². The number of phenolic OH excluding ortho intramolecular Hbond substituents is 2. The Balaban J connectivity index is 0.000000195. The predicted octanol–water partition coefficient (Wildman–Crippen LogP) is 6.35. The lowest BCUT2D eigenvalue weighted by atomic mass is 10.0. The summed E-state index contributed by atoms with van der Waals surface area (Å²) in [5.74, 6) is -0.699. The first-order valence-electron chi connectivity index (χ1n) is 14.3. The SMILES string of the molecule is O=C(N/N=C/c1c[nH]c2ccc([N+](=O)[O-])cc12)c1ccccc1O.O=[N+]([O-])c1ccc(N/N=C/c2c(O)ccc3ccccc23)c([N+](=O)[O-])c1. The summed E-state index contributed by atoms with van der Waals surface area (Å²) in [6.45, 7) is 0. The van der Waals surface area contributed by atoms with Gasteiger partial charge in [0.25, 0.3) is 17.3 Å². The first-order valence-corrected chi connectivity index (χ1v) is 14.3. The zero-order valence-electron chi connectivity index (χ0n) is 25.5. The molecule has 0 atom stereocenters. The molecule has 0 aliphatic rings. The minimum Gasteiger partial charge on any atom is -0.507 e. The van der Waals surface area contributed by atoms with Crippen molar-refractivity contribution in [1.29, 1.82) is 0 Å². The molecular weight excluding hydrogens is 652 g/mol. The van der Waals surface area contributed by atoms with Crippen molar-refractivity contribution in [1.82, 2.24) is 10.4 Å². The molecule has 0 saturated carbocycles. The Hall–Kier alpha value is -7.69. The normalized spacial score (nSPS) is 11.0. The number of aromatic nitrogens is 1. The highest BCUT2D eigenvalue weighted by Crippen LogP contribution is 2.30. The van der Waals surface area contributed by atoms with Gasteiger partial charge in [0.15, 0.2) is 0 Å². The summed E-state index contributed by atoms with van der Waals surface area (Å²) >= 11 is 0. The molecule has 0 radical (unpaired) electrons. The van der Waals surface area contributed by atoms with Crippen LogP contribution in [0.3, 0.4) is 0 Å². The van der Waals surface area contributed by atoms with E-state index in [4.69, 9.17) is 0 Å². The van der Waals surface area contributed by atoms with Gasteiger partial charge < -0.3 is 15.2 Å². The van der Waals surface area contributed by atoms with E-state index in [1.54, 1.807) is 30.5 Å². The number of rotatable bonds is 9. The predicted molar refractivity (Wildman–Crippen MR) is 185 cm³/mol. The van der Waals surface area contributed by atoms with Crippen LogP contribution in [0, 0.1) is 30.3 Å². The monoisotopic (exact) mass is 676 g/mol. The molecule has 0 aliphatic heterocycles. The second-order valence-electron chi connectivity index (χ2n) is 10.3. The van der Waals surface area contributed by atoms with E-state index < -0.39 is 32.1 Å². The highest BCUT2D eigenvalue weighted by Gasteiger charge is 2.19. The number of nitrogens with one attached hydrogen (secondary N) is 3. The van der Waals surface area contributed by atoms with E-state index in [9.17, 15) is 45.4 Å². The molecule has 0 fully saturated rings. The summed E-state index contributed by atoms with van der Waals surface area (Å²) < 4.78 is 0. The van der Waals surface area contributed by atoms with Gasteiger partial charge in [-0.15, -0.1) is 0 Å². The number of benzene rings is 5. The quantitative estimate of drug-likeness (QED) is 0.0644. The lowest BCUT2D eigenvalue weighted by Crippen LogP contribution is -2.17. The fraction of sp³-hybridized carbons (Fsp3) is 0. The van der Waals surface area contributed by atoms with E-state index in [1.165, 1.54) is 48.8 Å². The van der Waals surface area contributed by atoms with E-state index in [1.807, 2.05) is 24.3 Å². The molecule has 6 rings (SSSR count). The van der Waals surface area contributed by atoms with Crippen molar-refractivity contribution in [2.45, 2.75) is 0 Å². The summed E-state index contributed by atoms with van der Waals surface area (Å²) in [5.41, 5.74) is 5.75. The van der Waals surface area contributed by atoms with Gasteiger partial charge in [-0.1, -0.05) is 42.5 Å². The van der Waals surface area contributed by atoms with Crippen LogP contribution in [0.1, 0.15) is 21.5 Å². The van der Waals surface area contributed by atoms with Crippen LogP contribution >= 0.6 is 0 Å². The lowest BCUT2D eigenvalue weighted by Gasteiger charge is -2.05. The molecule has 50 heavy (non-hydrogen) atoms. The molecule has 0 saturated heterocycles. The van der Waals surface area contributed by atoms with Gasteiger partial charge in [-0.05, 0) is 41.1 Å². The summed E-state index contributed by atoms with van der Waals surface area (Å²) in [4.78, 5) is 45.7. The number of H-pyrrole nitrogens is 1. The van der Waals surface area contributed by atoms with Gasteiger partial charge in [0.05, 0.1) is 38.8 Å². The van der Waals surface area contributed by atoms with Crippen LogP contribution in [0.15, 0.2) is 113 Å². The topological polar surface area (TPSA) is 252 Å². The Labute approximate surface area is 280 Å². The molecule has 0 spiro atoms. The number of fused-ring (bicyclic) bond motifs is 2. The van der Waals surface area contributed by atoms with Crippen LogP contribution in [-0.4, -0.2) is 48.3 Å². The second-order valence-corrected chi connectivity index (χ2v) is 10.3. The fourth-order valence-corrected chi connectivity index (χ4v) is 4.70. The lowest BCUT2D eigenvalue weighted by molar-refractivity contribution is -0.393. The summed E-state index contributed by atoms with van der Waals surface area (Å²) in [6, 6.07) is 24.4. The van der Waals surface area contributed by atoms with Crippen molar-refractivity contribution in [3.63, 3.8) is 0 Å². The van der Waals surface area contributed by atoms with Crippen molar-refractivity contribution >= 4 is 62.8 Å². The van der Waals surface area contributed by atoms with Crippen molar-refractivity contribution in [3.05, 3.63) is 150 Å². The number of hydrazone groups is 2. The van der Waals surface area contributed by atoms with Crippen molar-refractivity contribution in [2.75, 3.05) is 5.43 Å². The summed E-state index contributed by atoms with van der Waals surface area (Å²) in [6.07, 6.45) is 4.34. The molecule has 1 amide bonds. The molecule has 5 N–H and O–H groups in total. The third kappa shape index (κ3) is 7.64. The first kappa shape index (κ1) is 33.7. The Kier molecular flexibility index (Phi) is 9.98. The number of para-hydroxylation sites is 1. The molecule has 1 aromatic heterocycles. The third-order valence-electron chi connectivity index (χ3n) is 7.14. The number of nitro groups is 3. The fourth-order valence-electron chi connectivity index (χ4n) is 4.70. The maximum absolute atomic E-state index is 11.9. The number of nitrogens with zero attached hydrogens (tertiary/aromatic N) is 5. The van der Waals surface area contributed by atoms with Gasteiger partial charge in [-0.25, -0.2) is 5.43 Å². The van der Waals surface area contributed by atoms with Gasteiger partial charge in [0, 0.05) is 46.4 Å². The van der Waals surface area contributed by atoms with Gasteiger partial charge >= 0.3 is 5.69 Å². The number of carbonyl (C=O) groups excluding carboxylic acids is 1.